The average Bonchev–Trinajstić information content (AvgIpc) is 2.15. The number of hydrogen-bond donors (Lipinski definition) is 1. The van der Waals surface area contributed by atoms with Crippen molar-refractivity contribution in [1.29, 1.82) is 0 Å². The summed E-state index contributed by atoms with van der Waals surface area (Å²) in [7, 11) is 1.66. The summed E-state index contributed by atoms with van der Waals surface area (Å²) in [4.78, 5) is 11.4. The van der Waals surface area contributed by atoms with Gasteiger partial charge in [0.25, 0.3) is 0 Å². The second-order valence-corrected chi connectivity index (χ2v) is 5.04. The molecule has 0 saturated heterocycles. The minimum Gasteiger partial charge on any atom is -0.444 e. The fourth-order valence-corrected chi connectivity index (χ4v) is 1.28. The highest BCUT2D eigenvalue weighted by molar-refractivity contribution is 5.67. The molecule has 4 heteroatoms. The molecule has 0 aliphatic rings. The summed E-state index contributed by atoms with van der Waals surface area (Å²) >= 11 is 0. The Balaban J connectivity index is 3.98. The van der Waals surface area contributed by atoms with Crippen LogP contribution in [0.3, 0.4) is 0 Å². The summed E-state index contributed by atoms with van der Waals surface area (Å²) in [6.45, 7) is 10.2. The molecule has 0 spiro atoms. The maximum absolute atomic E-state index is 11.4. The second-order valence-electron chi connectivity index (χ2n) is 5.04. The topological polar surface area (TPSA) is 47.6 Å². The molecule has 4 nitrogen and oxygen atoms in total. The summed E-state index contributed by atoms with van der Waals surface area (Å²) in [5, 5.41) is 2.72. The Kier molecular flexibility index (Phi) is 6.41. The van der Waals surface area contributed by atoms with Gasteiger partial charge in [0, 0.05) is 13.7 Å². The lowest BCUT2D eigenvalue weighted by Gasteiger charge is -2.24. The predicted molar refractivity (Wildman–Crippen MR) is 64.5 cm³/mol. The van der Waals surface area contributed by atoms with Crippen LogP contribution in [0.25, 0.3) is 0 Å². The van der Waals surface area contributed by atoms with Crippen LogP contribution >= 0.6 is 0 Å². The van der Waals surface area contributed by atoms with E-state index in [9.17, 15) is 4.79 Å². The van der Waals surface area contributed by atoms with Crippen molar-refractivity contribution in [2.45, 2.75) is 52.7 Å². The van der Waals surface area contributed by atoms with Crippen LogP contribution in [0.15, 0.2) is 0 Å². The van der Waals surface area contributed by atoms with Crippen LogP contribution in [0, 0.1) is 5.92 Å². The number of carbonyl (C=O) groups is 1. The monoisotopic (exact) mass is 231 g/mol. The number of carbonyl (C=O) groups excluding carboxylic acids is 1. The standard InChI is InChI=1S/C12H25NO3/c1-7-9(2)10(15-6)8-13-11(14)16-12(3,4)5/h9-10H,7-8H2,1-6H3,(H,13,14). The first-order chi connectivity index (χ1) is 7.30. The molecule has 0 bridgehead atoms. The number of alkyl carbamates (subject to hydrolysis) is 1. The van der Waals surface area contributed by atoms with E-state index in [1.54, 1.807) is 7.11 Å². The van der Waals surface area contributed by atoms with Crippen molar-refractivity contribution in [3.63, 3.8) is 0 Å². The van der Waals surface area contributed by atoms with Crippen LogP contribution in [0.5, 0.6) is 0 Å². The molecule has 0 aliphatic carbocycles. The fraction of sp³-hybridized carbons (Fsp3) is 0.917. The Bertz CT molecular complexity index is 211. The third-order valence-corrected chi connectivity index (χ3v) is 2.43. The number of ether oxygens (including phenoxy) is 2. The summed E-state index contributed by atoms with van der Waals surface area (Å²) in [5.41, 5.74) is -0.455. The van der Waals surface area contributed by atoms with E-state index >= 15 is 0 Å². The van der Waals surface area contributed by atoms with E-state index in [0.29, 0.717) is 12.5 Å². The van der Waals surface area contributed by atoms with Gasteiger partial charge in [0.1, 0.15) is 5.60 Å². The second kappa shape index (κ2) is 6.74. The quantitative estimate of drug-likeness (QED) is 0.791. The van der Waals surface area contributed by atoms with Crippen molar-refractivity contribution in [3.8, 4) is 0 Å². The first-order valence-corrected chi connectivity index (χ1v) is 5.79. The van der Waals surface area contributed by atoms with Crippen molar-refractivity contribution in [2.75, 3.05) is 13.7 Å². The third-order valence-electron chi connectivity index (χ3n) is 2.43. The first kappa shape index (κ1) is 15.2. The van der Waals surface area contributed by atoms with Crippen LogP contribution in [0.1, 0.15) is 41.0 Å². The molecule has 0 aliphatic heterocycles. The first-order valence-electron chi connectivity index (χ1n) is 5.79. The maximum Gasteiger partial charge on any atom is 0.407 e. The van der Waals surface area contributed by atoms with E-state index in [4.69, 9.17) is 9.47 Å². The van der Waals surface area contributed by atoms with Gasteiger partial charge < -0.3 is 14.8 Å². The van der Waals surface area contributed by atoms with Gasteiger partial charge in [-0.1, -0.05) is 20.3 Å². The Hall–Kier alpha value is -0.770. The highest BCUT2D eigenvalue weighted by atomic mass is 16.6. The van der Waals surface area contributed by atoms with Crippen molar-refractivity contribution < 1.29 is 14.3 Å². The molecule has 0 aromatic carbocycles. The summed E-state index contributed by atoms with van der Waals surface area (Å²) in [5.74, 6) is 0.417. The minimum absolute atomic E-state index is 0.0394. The van der Waals surface area contributed by atoms with E-state index in [1.807, 2.05) is 20.8 Å². The number of hydrogen-bond acceptors (Lipinski definition) is 3. The van der Waals surface area contributed by atoms with Gasteiger partial charge in [-0.05, 0) is 26.7 Å². The smallest absolute Gasteiger partial charge is 0.407 e. The lowest BCUT2D eigenvalue weighted by atomic mass is 10.0. The van der Waals surface area contributed by atoms with E-state index in [-0.39, 0.29) is 6.10 Å². The predicted octanol–water partition coefficient (Wildman–Crippen LogP) is 2.57. The molecule has 0 aromatic heterocycles. The van der Waals surface area contributed by atoms with E-state index in [1.165, 1.54) is 0 Å². The molecule has 0 aromatic rings. The molecule has 16 heavy (non-hydrogen) atoms. The van der Waals surface area contributed by atoms with Gasteiger partial charge in [-0.25, -0.2) is 4.79 Å². The molecule has 0 rings (SSSR count). The lowest BCUT2D eigenvalue weighted by Crippen LogP contribution is -2.39. The molecule has 0 saturated carbocycles. The zero-order valence-corrected chi connectivity index (χ0v) is 11.3. The number of nitrogens with one attached hydrogen (secondary N) is 1. The Morgan fingerprint density at radius 3 is 2.31 bits per heavy atom. The maximum atomic E-state index is 11.4. The Morgan fingerprint density at radius 2 is 1.94 bits per heavy atom. The minimum atomic E-state index is -0.455. The molecule has 96 valence electrons. The van der Waals surface area contributed by atoms with E-state index < -0.39 is 11.7 Å². The molecule has 1 N–H and O–H groups in total. The SMILES string of the molecule is CCC(C)C(CNC(=O)OC(C)(C)C)OC. The number of rotatable bonds is 5. The molecule has 2 unspecified atom stereocenters. The Morgan fingerprint density at radius 1 is 1.38 bits per heavy atom. The van der Waals surface area contributed by atoms with Crippen molar-refractivity contribution in [2.24, 2.45) is 5.92 Å². The molecule has 0 radical (unpaired) electrons. The third kappa shape index (κ3) is 6.67. The van der Waals surface area contributed by atoms with Crippen molar-refractivity contribution >= 4 is 6.09 Å². The van der Waals surface area contributed by atoms with Crippen molar-refractivity contribution in [1.82, 2.24) is 5.32 Å². The zero-order chi connectivity index (χ0) is 12.8. The van der Waals surface area contributed by atoms with Crippen molar-refractivity contribution in [3.05, 3.63) is 0 Å². The number of amides is 1. The molecule has 1 amide bonds. The van der Waals surface area contributed by atoms with E-state index in [2.05, 4.69) is 19.2 Å². The van der Waals surface area contributed by atoms with Gasteiger partial charge in [-0.15, -0.1) is 0 Å². The molecule has 0 heterocycles. The van der Waals surface area contributed by atoms with Gasteiger partial charge in [0.15, 0.2) is 0 Å². The van der Waals surface area contributed by atoms with E-state index in [0.717, 1.165) is 6.42 Å². The summed E-state index contributed by atoms with van der Waals surface area (Å²) in [6.07, 6.45) is 0.671. The number of methoxy groups -OCH3 is 1. The van der Waals surface area contributed by atoms with Gasteiger partial charge in [-0.3, -0.25) is 0 Å². The van der Waals surface area contributed by atoms with Gasteiger partial charge in [-0.2, -0.15) is 0 Å². The molecular weight excluding hydrogens is 206 g/mol. The van der Waals surface area contributed by atoms with Gasteiger partial charge in [0.2, 0.25) is 0 Å². The van der Waals surface area contributed by atoms with Crippen LogP contribution in [-0.2, 0) is 9.47 Å². The van der Waals surface area contributed by atoms with Crippen LogP contribution in [0.2, 0.25) is 0 Å². The Labute approximate surface area is 98.7 Å². The molecule has 2 atom stereocenters. The van der Waals surface area contributed by atoms with Crippen LogP contribution in [0.4, 0.5) is 4.79 Å². The zero-order valence-electron chi connectivity index (χ0n) is 11.3. The van der Waals surface area contributed by atoms with Gasteiger partial charge in [0.05, 0.1) is 6.10 Å². The van der Waals surface area contributed by atoms with Crippen LogP contribution < -0.4 is 5.32 Å². The summed E-state index contributed by atoms with van der Waals surface area (Å²) < 4.78 is 10.5. The summed E-state index contributed by atoms with van der Waals surface area (Å²) in [6, 6.07) is 0. The van der Waals surface area contributed by atoms with Gasteiger partial charge >= 0.3 is 6.09 Å². The van der Waals surface area contributed by atoms with Crippen LogP contribution in [-0.4, -0.2) is 31.5 Å². The molecular formula is C12H25NO3. The largest absolute Gasteiger partial charge is 0.444 e. The normalized spacial score (nSPS) is 15.4. The fourth-order valence-electron chi connectivity index (χ4n) is 1.28. The molecule has 0 fully saturated rings. The lowest BCUT2D eigenvalue weighted by molar-refractivity contribution is 0.0353. The highest BCUT2D eigenvalue weighted by Gasteiger charge is 2.19. The highest BCUT2D eigenvalue weighted by Crippen LogP contribution is 2.10. The average molecular weight is 231 g/mol.